The van der Waals surface area contributed by atoms with Gasteiger partial charge in [-0.1, -0.05) is 13.8 Å². The van der Waals surface area contributed by atoms with Crippen LogP contribution in [0, 0.1) is 23.7 Å². The van der Waals surface area contributed by atoms with Gasteiger partial charge in [0, 0.05) is 13.1 Å². The van der Waals surface area contributed by atoms with Crippen LogP contribution >= 0.6 is 0 Å². The fourth-order valence-corrected chi connectivity index (χ4v) is 3.94. The minimum Gasteiger partial charge on any atom is -0.356 e. The molecule has 3 aliphatic rings. The van der Waals surface area contributed by atoms with Crippen LogP contribution in [0.5, 0.6) is 0 Å². The van der Waals surface area contributed by atoms with Gasteiger partial charge in [0.05, 0.1) is 11.8 Å². The third-order valence-electron chi connectivity index (χ3n) is 4.92. The standard InChI is InChI=1S/C16H28N2O2/c1-3-9-17-15(19)13-11-5-7-12(8-6-11)14(13)16(20)18-10-4-2/h11-14H,3-10H2,1-2H3,(H,17,19)(H,18,20). The summed E-state index contributed by atoms with van der Waals surface area (Å²) in [4.78, 5) is 24.9. The van der Waals surface area contributed by atoms with E-state index >= 15 is 0 Å². The first-order valence-corrected chi connectivity index (χ1v) is 8.24. The van der Waals surface area contributed by atoms with Crippen molar-refractivity contribution in [3.8, 4) is 0 Å². The van der Waals surface area contributed by atoms with Crippen molar-refractivity contribution in [2.24, 2.45) is 23.7 Å². The van der Waals surface area contributed by atoms with Crippen molar-refractivity contribution in [1.29, 1.82) is 0 Å². The molecular formula is C16H28N2O2. The van der Waals surface area contributed by atoms with Crippen LogP contribution in [0.25, 0.3) is 0 Å². The number of nitrogens with one attached hydrogen (secondary N) is 2. The molecule has 20 heavy (non-hydrogen) atoms. The second-order valence-corrected chi connectivity index (χ2v) is 6.31. The highest BCUT2D eigenvalue weighted by molar-refractivity contribution is 5.88. The molecule has 0 radical (unpaired) electrons. The van der Waals surface area contributed by atoms with Crippen LogP contribution in [0.3, 0.4) is 0 Å². The zero-order valence-corrected chi connectivity index (χ0v) is 12.8. The van der Waals surface area contributed by atoms with Crippen LogP contribution in [0.2, 0.25) is 0 Å². The third-order valence-corrected chi connectivity index (χ3v) is 4.92. The highest BCUT2D eigenvalue weighted by Gasteiger charge is 2.49. The summed E-state index contributed by atoms with van der Waals surface area (Å²) in [5.74, 6) is 0.857. The smallest absolute Gasteiger partial charge is 0.224 e. The SMILES string of the molecule is CCCNC(=O)C1C2CCC(CC2)C1C(=O)NCCC. The number of rotatable bonds is 6. The van der Waals surface area contributed by atoms with Gasteiger partial charge in [-0.3, -0.25) is 9.59 Å². The molecule has 0 aromatic rings. The van der Waals surface area contributed by atoms with Crippen LogP contribution in [-0.4, -0.2) is 24.9 Å². The van der Waals surface area contributed by atoms with E-state index in [-0.39, 0.29) is 23.7 Å². The van der Waals surface area contributed by atoms with Crippen molar-refractivity contribution >= 4 is 11.8 Å². The fourth-order valence-electron chi connectivity index (χ4n) is 3.94. The largest absolute Gasteiger partial charge is 0.356 e. The number of hydrogen-bond acceptors (Lipinski definition) is 2. The van der Waals surface area contributed by atoms with E-state index in [0.29, 0.717) is 11.8 Å². The van der Waals surface area contributed by atoms with Gasteiger partial charge in [-0.2, -0.15) is 0 Å². The van der Waals surface area contributed by atoms with Crippen LogP contribution in [0.4, 0.5) is 0 Å². The Morgan fingerprint density at radius 1 is 0.800 bits per heavy atom. The summed E-state index contributed by atoms with van der Waals surface area (Å²) in [7, 11) is 0. The average molecular weight is 280 g/mol. The first-order valence-electron chi connectivity index (χ1n) is 8.24. The number of hydrogen-bond donors (Lipinski definition) is 2. The molecule has 2 bridgehead atoms. The number of carbonyl (C=O) groups excluding carboxylic acids is 2. The number of fused-ring (bicyclic) bond motifs is 3. The Morgan fingerprint density at radius 3 is 1.45 bits per heavy atom. The summed E-state index contributed by atoms with van der Waals surface area (Å²) >= 11 is 0. The Kier molecular flexibility index (Phi) is 5.44. The van der Waals surface area contributed by atoms with Gasteiger partial charge in [0.2, 0.25) is 11.8 Å². The van der Waals surface area contributed by atoms with E-state index in [9.17, 15) is 9.59 Å². The first kappa shape index (κ1) is 15.3. The normalized spacial score (nSPS) is 31.9. The summed E-state index contributed by atoms with van der Waals surface area (Å²) in [5.41, 5.74) is 0. The molecule has 4 heteroatoms. The molecule has 2 amide bonds. The van der Waals surface area contributed by atoms with E-state index in [2.05, 4.69) is 24.5 Å². The molecule has 0 aromatic carbocycles. The van der Waals surface area contributed by atoms with Crippen LogP contribution in [-0.2, 0) is 9.59 Å². The van der Waals surface area contributed by atoms with Gasteiger partial charge in [0.15, 0.2) is 0 Å². The predicted octanol–water partition coefficient (Wildman–Crippen LogP) is 2.09. The zero-order chi connectivity index (χ0) is 14.5. The summed E-state index contributed by atoms with van der Waals surface area (Å²) in [5, 5.41) is 6.02. The van der Waals surface area contributed by atoms with E-state index in [1.54, 1.807) is 0 Å². The second-order valence-electron chi connectivity index (χ2n) is 6.31. The monoisotopic (exact) mass is 280 g/mol. The molecule has 114 valence electrons. The molecule has 2 atom stereocenters. The van der Waals surface area contributed by atoms with E-state index in [0.717, 1.165) is 51.6 Å². The maximum absolute atomic E-state index is 12.4. The van der Waals surface area contributed by atoms with Gasteiger partial charge >= 0.3 is 0 Å². The minimum absolute atomic E-state index is 0.0918. The molecule has 0 aliphatic heterocycles. The topological polar surface area (TPSA) is 58.2 Å². The van der Waals surface area contributed by atoms with Crippen LogP contribution in [0.15, 0.2) is 0 Å². The lowest BCUT2D eigenvalue weighted by atomic mass is 9.58. The summed E-state index contributed by atoms with van der Waals surface area (Å²) < 4.78 is 0. The fraction of sp³-hybridized carbons (Fsp3) is 0.875. The molecule has 0 aromatic heterocycles. The predicted molar refractivity (Wildman–Crippen MR) is 79.0 cm³/mol. The summed E-state index contributed by atoms with van der Waals surface area (Å²) in [6, 6.07) is 0. The number of carbonyl (C=O) groups is 2. The van der Waals surface area contributed by atoms with Crippen molar-refractivity contribution in [2.45, 2.75) is 52.4 Å². The molecule has 3 rings (SSSR count). The molecule has 2 unspecified atom stereocenters. The molecular weight excluding hydrogens is 252 g/mol. The third kappa shape index (κ3) is 3.15. The Labute approximate surface area is 122 Å². The van der Waals surface area contributed by atoms with Crippen molar-refractivity contribution in [1.82, 2.24) is 10.6 Å². The summed E-state index contributed by atoms with van der Waals surface area (Å²) in [6.45, 7) is 5.55. The maximum Gasteiger partial charge on any atom is 0.224 e. The Morgan fingerprint density at radius 2 is 1.15 bits per heavy atom. The lowest BCUT2D eigenvalue weighted by Crippen LogP contribution is -2.53. The second kappa shape index (κ2) is 7.09. The van der Waals surface area contributed by atoms with E-state index < -0.39 is 0 Å². The zero-order valence-electron chi connectivity index (χ0n) is 12.8. The van der Waals surface area contributed by atoms with Crippen LogP contribution < -0.4 is 10.6 Å². The lowest BCUT2D eigenvalue weighted by Gasteiger charge is -2.46. The Balaban J connectivity index is 2.08. The van der Waals surface area contributed by atoms with Gasteiger partial charge < -0.3 is 10.6 Å². The molecule has 3 aliphatic carbocycles. The Hall–Kier alpha value is -1.06. The molecule has 3 fully saturated rings. The molecule has 3 saturated carbocycles. The maximum atomic E-state index is 12.4. The molecule has 2 N–H and O–H groups in total. The molecule has 0 heterocycles. The van der Waals surface area contributed by atoms with E-state index in [1.807, 2.05) is 0 Å². The molecule has 0 saturated heterocycles. The average Bonchev–Trinajstić information content (AvgIpc) is 2.50. The Bertz CT molecular complexity index is 314. The van der Waals surface area contributed by atoms with Crippen molar-refractivity contribution in [2.75, 3.05) is 13.1 Å². The van der Waals surface area contributed by atoms with Gasteiger partial charge in [-0.25, -0.2) is 0 Å². The van der Waals surface area contributed by atoms with Crippen LogP contribution in [0.1, 0.15) is 52.4 Å². The summed E-state index contributed by atoms with van der Waals surface area (Å²) in [6.07, 6.45) is 6.36. The lowest BCUT2D eigenvalue weighted by molar-refractivity contribution is -0.145. The quantitative estimate of drug-likeness (QED) is 0.782. The minimum atomic E-state index is -0.0918. The number of amides is 2. The highest BCUT2D eigenvalue weighted by atomic mass is 16.2. The van der Waals surface area contributed by atoms with E-state index in [4.69, 9.17) is 0 Å². The van der Waals surface area contributed by atoms with Gasteiger partial charge in [-0.05, 0) is 50.4 Å². The first-order chi connectivity index (χ1) is 9.69. The van der Waals surface area contributed by atoms with E-state index in [1.165, 1.54) is 0 Å². The van der Waals surface area contributed by atoms with Gasteiger partial charge in [0.25, 0.3) is 0 Å². The highest BCUT2D eigenvalue weighted by Crippen LogP contribution is 2.49. The van der Waals surface area contributed by atoms with Gasteiger partial charge in [0.1, 0.15) is 0 Å². The van der Waals surface area contributed by atoms with Crippen molar-refractivity contribution in [3.05, 3.63) is 0 Å². The van der Waals surface area contributed by atoms with Crippen molar-refractivity contribution in [3.63, 3.8) is 0 Å². The van der Waals surface area contributed by atoms with Gasteiger partial charge in [-0.15, -0.1) is 0 Å². The molecule has 4 nitrogen and oxygen atoms in total. The van der Waals surface area contributed by atoms with Crippen molar-refractivity contribution < 1.29 is 9.59 Å². The molecule has 0 spiro atoms.